The van der Waals surface area contributed by atoms with E-state index in [0.29, 0.717) is 11.5 Å². The van der Waals surface area contributed by atoms with Gasteiger partial charge in [0.2, 0.25) is 10.0 Å². The summed E-state index contributed by atoms with van der Waals surface area (Å²) in [4.78, 5) is 0. The number of sulfonamides is 1. The van der Waals surface area contributed by atoms with Crippen molar-refractivity contribution in [1.29, 1.82) is 0 Å². The fourth-order valence-corrected chi connectivity index (χ4v) is 4.16. The molecule has 0 atom stereocenters. The number of hydrogen-bond acceptors (Lipinski definition) is 3. The second-order valence-corrected chi connectivity index (χ2v) is 8.09. The molecule has 2 N–H and O–H groups in total. The van der Waals surface area contributed by atoms with Crippen molar-refractivity contribution >= 4 is 21.4 Å². The molecule has 0 radical (unpaired) electrons. The highest BCUT2D eigenvalue weighted by atomic mass is 32.2. The van der Waals surface area contributed by atoms with Gasteiger partial charge >= 0.3 is 0 Å². The number of nitrogens with two attached hydrogens (primary N) is 1. The Labute approximate surface area is 124 Å². The van der Waals surface area contributed by atoms with Gasteiger partial charge < -0.3 is 0 Å². The highest BCUT2D eigenvalue weighted by Gasteiger charge is 2.18. The first-order chi connectivity index (χ1) is 9.29. The third-order valence-electron chi connectivity index (χ3n) is 3.11. The van der Waals surface area contributed by atoms with Crippen molar-refractivity contribution in [3.63, 3.8) is 0 Å². The van der Waals surface area contributed by atoms with Crippen molar-refractivity contribution < 1.29 is 8.42 Å². The fraction of sp³-hybridized carbons (Fsp3) is 0.333. The van der Waals surface area contributed by atoms with Gasteiger partial charge in [-0.15, -0.1) is 11.3 Å². The second-order valence-electron chi connectivity index (χ2n) is 5.41. The first kappa shape index (κ1) is 15.2. The second kappa shape index (κ2) is 5.68. The lowest BCUT2D eigenvalue weighted by molar-refractivity contribution is 0.600. The molecule has 0 aliphatic rings. The van der Waals surface area contributed by atoms with E-state index in [-0.39, 0.29) is 4.21 Å². The van der Waals surface area contributed by atoms with Crippen molar-refractivity contribution in [2.45, 2.75) is 31.4 Å². The average Bonchev–Trinajstić information content (AvgIpc) is 2.76. The first-order valence-electron chi connectivity index (χ1n) is 6.49. The van der Waals surface area contributed by atoms with E-state index in [1.807, 2.05) is 19.1 Å². The molecule has 108 valence electrons. The van der Waals surface area contributed by atoms with Gasteiger partial charge in [-0.1, -0.05) is 32.0 Å². The van der Waals surface area contributed by atoms with Crippen LogP contribution in [0.1, 0.15) is 25.0 Å². The van der Waals surface area contributed by atoms with Crippen molar-refractivity contribution in [1.82, 2.24) is 0 Å². The Morgan fingerprint density at radius 2 is 1.90 bits per heavy atom. The average molecular weight is 309 g/mol. The van der Waals surface area contributed by atoms with Gasteiger partial charge in [0.05, 0.1) is 0 Å². The smallest absolute Gasteiger partial charge is 0.224 e. The molecular formula is C15H19NO2S2. The molecule has 0 spiro atoms. The fourth-order valence-electron chi connectivity index (χ4n) is 2.34. The van der Waals surface area contributed by atoms with E-state index in [0.717, 1.165) is 28.9 Å². The third kappa shape index (κ3) is 3.29. The monoisotopic (exact) mass is 309 g/mol. The van der Waals surface area contributed by atoms with Crippen LogP contribution in [-0.2, 0) is 16.4 Å². The van der Waals surface area contributed by atoms with Gasteiger partial charge in [-0.25, -0.2) is 13.6 Å². The third-order valence-corrected chi connectivity index (χ3v) is 5.54. The highest BCUT2D eigenvalue weighted by Crippen LogP contribution is 2.33. The molecule has 1 aromatic heterocycles. The van der Waals surface area contributed by atoms with Gasteiger partial charge in [0.1, 0.15) is 4.21 Å². The lowest BCUT2D eigenvalue weighted by Gasteiger charge is -2.10. The Kier molecular flexibility index (Phi) is 4.32. The van der Waals surface area contributed by atoms with Crippen LogP contribution >= 0.6 is 11.3 Å². The molecule has 1 heterocycles. The van der Waals surface area contributed by atoms with Gasteiger partial charge in [-0.3, -0.25) is 0 Å². The zero-order valence-electron chi connectivity index (χ0n) is 11.9. The zero-order valence-corrected chi connectivity index (χ0v) is 13.5. The molecule has 2 rings (SSSR count). The van der Waals surface area contributed by atoms with Gasteiger partial charge in [-0.05, 0) is 47.4 Å². The molecule has 2 aromatic rings. The summed E-state index contributed by atoms with van der Waals surface area (Å²) >= 11 is 1.16. The molecule has 0 saturated carbocycles. The lowest BCUT2D eigenvalue weighted by Crippen LogP contribution is -2.11. The van der Waals surface area contributed by atoms with Crippen molar-refractivity contribution in [2.75, 3.05) is 0 Å². The zero-order chi connectivity index (χ0) is 14.9. The summed E-state index contributed by atoms with van der Waals surface area (Å²) in [6.45, 7) is 6.37. The molecule has 0 fully saturated rings. The van der Waals surface area contributed by atoms with Crippen LogP contribution in [0.5, 0.6) is 0 Å². The molecule has 0 amide bonds. The summed E-state index contributed by atoms with van der Waals surface area (Å²) in [5.74, 6) is 0.598. The summed E-state index contributed by atoms with van der Waals surface area (Å²) in [6, 6.07) is 7.99. The standard InChI is InChI=1S/C15H19NO2S2/c1-10(2)8-12-4-5-13(11(3)9-12)14-6-7-19-15(14)20(16,17)18/h4-7,9-10H,8H2,1-3H3,(H2,16,17,18). The summed E-state index contributed by atoms with van der Waals surface area (Å²) in [6.07, 6.45) is 1.02. The Balaban J connectivity index is 2.47. The SMILES string of the molecule is Cc1cc(CC(C)C)ccc1-c1ccsc1S(N)(=O)=O. The van der Waals surface area contributed by atoms with E-state index in [2.05, 4.69) is 26.0 Å². The maximum absolute atomic E-state index is 11.6. The summed E-state index contributed by atoms with van der Waals surface area (Å²) < 4.78 is 23.4. The number of thiophene rings is 1. The van der Waals surface area contributed by atoms with Crippen LogP contribution in [0.4, 0.5) is 0 Å². The predicted octanol–water partition coefficient (Wildman–Crippen LogP) is 3.57. The largest absolute Gasteiger partial charge is 0.248 e. The molecule has 1 aromatic carbocycles. The Hall–Kier alpha value is -1.17. The molecule has 0 saturated heterocycles. The summed E-state index contributed by atoms with van der Waals surface area (Å²) in [5.41, 5.74) is 3.98. The van der Waals surface area contributed by atoms with Gasteiger partial charge in [0, 0.05) is 5.56 Å². The van der Waals surface area contributed by atoms with Crippen LogP contribution in [-0.4, -0.2) is 8.42 Å². The minimum Gasteiger partial charge on any atom is -0.224 e. The van der Waals surface area contributed by atoms with E-state index in [9.17, 15) is 8.42 Å². The maximum atomic E-state index is 11.6. The van der Waals surface area contributed by atoms with E-state index in [1.54, 1.807) is 5.38 Å². The van der Waals surface area contributed by atoms with E-state index < -0.39 is 10.0 Å². The number of benzene rings is 1. The van der Waals surface area contributed by atoms with Crippen LogP contribution in [0.2, 0.25) is 0 Å². The van der Waals surface area contributed by atoms with Crippen LogP contribution in [0.15, 0.2) is 33.9 Å². The number of aryl methyl sites for hydroxylation is 1. The minimum absolute atomic E-state index is 0.234. The Morgan fingerprint density at radius 3 is 2.45 bits per heavy atom. The molecular weight excluding hydrogens is 290 g/mol. The highest BCUT2D eigenvalue weighted by molar-refractivity contribution is 7.91. The van der Waals surface area contributed by atoms with E-state index in [1.165, 1.54) is 5.56 Å². The molecule has 0 bridgehead atoms. The Morgan fingerprint density at radius 1 is 1.20 bits per heavy atom. The van der Waals surface area contributed by atoms with E-state index in [4.69, 9.17) is 5.14 Å². The summed E-state index contributed by atoms with van der Waals surface area (Å²) in [7, 11) is -3.67. The quantitative estimate of drug-likeness (QED) is 0.938. The molecule has 0 aliphatic heterocycles. The predicted molar refractivity (Wildman–Crippen MR) is 84.4 cm³/mol. The normalized spacial score (nSPS) is 12.1. The molecule has 0 unspecified atom stereocenters. The minimum atomic E-state index is -3.67. The molecule has 3 nitrogen and oxygen atoms in total. The topological polar surface area (TPSA) is 60.2 Å². The van der Waals surface area contributed by atoms with Crippen molar-refractivity contribution in [3.05, 3.63) is 40.8 Å². The van der Waals surface area contributed by atoms with Gasteiger partial charge in [0.25, 0.3) is 0 Å². The van der Waals surface area contributed by atoms with Crippen molar-refractivity contribution in [2.24, 2.45) is 11.1 Å². The van der Waals surface area contributed by atoms with Crippen LogP contribution in [0.3, 0.4) is 0 Å². The molecule has 20 heavy (non-hydrogen) atoms. The van der Waals surface area contributed by atoms with Gasteiger partial charge in [-0.2, -0.15) is 0 Å². The van der Waals surface area contributed by atoms with Gasteiger partial charge in [0.15, 0.2) is 0 Å². The molecule has 5 heteroatoms. The van der Waals surface area contributed by atoms with Crippen LogP contribution in [0.25, 0.3) is 11.1 Å². The van der Waals surface area contributed by atoms with Crippen LogP contribution < -0.4 is 5.14 Å². The summed E-state index contributed by atoms with van der Waals surface area (Å²) in [5, 5.41) is 7.03. The number of rotatable bonds is 4. The lowest BCUT2D eigenvalue weighted by atomic mass is 9.96. The number of primary sulfonamides is 1. The Bertz CT molecular complexity index is 715. The molecule has 0 aliphatic carbocycles. The van der Waals surface area contributed by atoms with E-state index >= 15 is 0 Å². The van der Waals surface area contributed by atoms with Crippen LogP contribution in [0, 0.1) is 12.8 Å². The number of hydrogen-bond donors (Lipinski definition) is 1. The van der Waals surface area contributed by atoms with Crippen molar-refractivity contribution in [3.8, 4) is 11.1 Å². The first-order valence-corrected chi connectivity index (χ1v) is 8.92. The maximum Gasteiger partial charge on any atom is 0.248 e.